The highest BCUT2D eigenvalue weighted by Gasteiger charge is 2.16. The van der Waals surface area contributed by atoms with E-state index in [1.807, 2.05) is 74.5 Å². The third kappa shape index (κ3) is 4.45. The van der Waals surface area contributed by atoms with Gasteiger partial charge >= 0.3 is 0 Å². The highest BCUT2D eigenvalue weighted by molar-refractivity contribution is 8.00. The van der Waals surface area contributed by atoms with Gasteiger partial charge in [0.15, 0.2) is 0 Å². The van der Waals surface area contributed by atoms with Gasteiger partial charge in [-0.05, 0) is 31.5 Å². The number of aryl methyl sites for hydroxylation is 1. The number of rotatable bonds is 5. The van der Waals surface area contributed by atoms with E-state index in [2.05, 4.69) is 15.3 Å². The minimum Gasteiger partial charge on any atom is -0.325 e. The lowest BCUT2D eigenvalue weighted by molar-refractivity contribution is -0.115. The molecule has 0 radical (unpaired) electrons. The van der Waals surface area contributed by atoms with Crippen molar-refractivity contribution in [1.29, 1.82) is 0 Å². The molecule has 1 unspecified atom stereocenters. The number of aromatic nitrogens is 2. The van der Waals surface area contributed by atoms with Gasteiger partial charge in [0.2, 0.25) is 5.91 Å². The van der Waals surface area contributed by atoms with Crippen molar-refractivity contribution in [3.05, 3.63) is 72.6 Å². The smallest absolute Gasteiger partial charge is 0.237 e. The summed E-state index contributed by atoms with van der Waals surface area (Å²) in [6, 6.07) is 19.6. The van der Waals surface area contributed by atoms with Crippen LogP contribution in [0, 0.1) is 6.92 Å². The minimum absolute atomic E-state index is 0.0424. The fraction of sp³-hybridized carbons (Fsp3) is 0.150. The number of nitrogens with zero attached hydrogens (tertiary/aromatic N) is 2. The van der Waals surface area contributed by atoms with Gasteiger partial charge in [0, 0.05) is 11.3 Å². The second-order valence-electron chi connectivity index (χ2n) is 5.67. The van der Waals surface area contributed by atoms with Crippen LogP contribution in [0.25, 0.3) is 11.3 Å². The molecule has 2 aromatic carbocycles. The van der Waals surface area contributed by atoms with Gasteiger partial charge in [0.1, 0.15) is 11.4 Å². The Morgan fingerprint density at radius 2 is 1.76 bits per heavy atom. The van der Waals surface area contributed by atoms with Gasteiger partial charge in [-0.15, -0.1) is 0 Å². The van der Waals surface area contributed by atoms with Crippen molar-refractivity contribution in [2.24, 2.45) is 0 Å². The molecule has 4 nitrogen and oxygen atoms in total. The SMILES string of the molecule is Cc1ccccc1NC(=O)C(C)Sc1cc(-c2ccccc2)ncn1. The van der Waals surface area contributed by atoms with E-state index in [9.17, 15) is 4.79 Å². The second-order valence-corrected chi connectivity index (χ2v) is 7.03. The summed E-state index contributed by atoms with van der Waals surface area (Å²) in [7, 11) is 0. The lowest BCUT2D eigenvalue weighted by atomic mass is 10.1. The van der Waals surface area contributed by atoms with Gasteiger partial charge in [0.25, 0.3) is 0 Å². The molecule has 0 saturated carbocycles. The Morgan fingerprint density at radius 3 is 2.52 bits per heavy atom. The number of para-hydroxylation sites is 1. The Kier molecular flexibility index (Phi) is 5.46. The molecule has 25 heavy (non-hydrogen) atoms. The second kappa shape index (κ2) is 7.94. The van der Waals surface area contributed by atoms with Crippen molar-refractivity contribution < 1.29 is 4.79 Å². The maximum atomic E-state index is 12.4. The molecule has 0 spiro atoms. The molecule has 0 fully saturated rings. The Morgan fingerprint density at radius 1 is 1.04 bits per heavy atom. The first-order valence-electron chi connectivity index (χ1n) is 8.04. The number of carbonyl (C=O) groups is 1. The van der Waals surface area contributed by atoms with Gasteiger partial charge in [-0.25, -0.2) is 9.97 Å². The van der Waals surface area contributed by atoms with Crippen LogP contribution in [0.1, 0.15) is 12.5 Å². The zero-order chi connectivity index (χ0) is 17.6. The highest BCUT2D eigenvalue weighted by Crippen LogP contribution is 2.26. The van der Waals surface area contributed by atoms with E-state index < -0.39 is 0 Å². The fourth-order valence-corrected chi connectivity index (χ4v) is 3.17. The number of hydrogen-bond acceptors (Lipinski definition) is 4. The third-order valence-corrected chi connectivity index (χ3v) is 4.81. The van der Waals surface area contributed by atoms with Gasteiger partial charge in [-0.2, -0.15) is 0 Å². The van der Waals surface area contributed by atoms with Crippen molar-refractivity contribution in [2.75, 3.05) is 5.32 Å². The molecule has 0 bridgehead atoms. The Bertz CT molecular complexity index is 868. The highest BCUT2D eigenvalue weighted by atomic mass is 32.2. The van der Waals surface area contributed by atoms with E-state index in [-0.39, 0.29) is 11.2 Å². The van der Waals surface area contributed by atoms with Crippen LogP contribution in [-0.4, -0.2) is 21.1 Å². The van der Waals surface area contributed by atoms with E-state index in [4.69, 9.17) is 0 Å². The number of anilines is 1. The first kappa shape index (κ1) is 17.2. The average molecular weight is 349 g/mol. The lowest BCUT2D eigenvalue weighted by Gasteiger charge is -2.13. The largest absolute Gasteiger partial charge is 0.325 e. The van der Waals surface area contributed by atoms with Crippen molar-refractivity contribution in [3.63, 3.8) is 0 Å². The number of carbonyl (C=O) groups excluding carboxylic acids is 1. The molecule has 1 amide bonds. The van der Waals surface area contributed by atoms with E-state index in [0.29, 0.717) is 0 Å². The van der Waals surface area contributed by atoms with Crippen molar-refractivity contribution in [2.45, 2.75) is 24.1 Å². The predicted molar refractivity (Wildman–Crippen MR) is 103 cm³/mol. The Hall–Kier alpha value is -2.66. The number of amides is 1. The maximum absolute atomic E-state index is 12.4. The fourth-order valence-electron chi connectivity index (χ4n) is 2.35. The summed E-state index contributed by atoms with van der Waals surface area (Å²) >= 11 is 1.42. The molecule has 0 aliphatic heterocycles. The van der Waals surface area contributed by atoms with Gasteiger partial charge in [-0.3, -0.25) is 4.79 Å². The standard InChI is InChI=1S/C20H19N3OS/c1-14-8-6-7-11-17(14)23-20(24)15(2)25-19-12-18(21-13-22-19)16-9-4-3-5-10-16/h3-13,15H,1-2H3,(H,23,24). The van der Waals surface area contributed by atoms with Crippen LogP contribution in [0.3, 0.4) is 0 Å². The Labute approximate surface area is 151 Å². The zero-order valence-corrected chi connectivity index (χ0v) is 15.0. The summed E-state index contributed by atoms with van der Waals surface area (Å²) in [4.78, 5) is 21.0. The first-order chi connectivity index (χ1) is 12.1. The molecule has 0 aliphatic carbocycles. The topological polar surface area (TPSA) is 54.9 Å². The van der Waals surface area contributed by atoms with E-state index in [1.54, 1.807) is 0 Å². The third-order valence-electron chi connectivity index (χ3n) is 3.78. The quantitative estimate of drug-likeness (QED) is 0.541. The van der Waals surface area contributed by atoms with Gasteiger partial charge < -0.3 is 5.32 Å². The molecular weight excluding hydrogens is 330 g/mol. The molecule has 1 N–H and O–H groups in total. The molecule has 0 saturated heterocycles. The summed E-state index contributed by atoms with van der Waals surface area (Å²) in [6.45, 7) is 3.85. The number of thioether (sulfide) groups is 1. The van der Waals surface area contributed by atoms with Gasteiger partial charge in [-0.1, -0.05) is 60.3 Å². The summed E-state index contributed by atoms with van der Waals surface area (Å²) in [6.07, 6.45) is 1.54. The molecule has 3 aromatic rings. The average Bonchev–Trinajstić information content (AvgIpc) is 2.64. The first-order valence-corrected chi connectivity index (χ1v) is 8.92. The van der Waals surface area contributed by atoms with Crippen LogP contribution < -0.4 is 5.32 Å². The molecular formula is C20H19N3OS. The van der Waals surface area contributed by atoms with E-state index in [0.717, 1.165) is 27.5 Å². The van der Waals surface area contributed by atoms with Crippen molar-refractivity contribution in [1.82, 2.24) is 9.97 Å². The molecule has 1 aromatic heterocycles. The molecule has 0 aliphatic rings. The zero-order valence-electron chi connectivity index (χ0n) is 14.1. The van der Waals surface area contributed by atoms with Crippen LogP contribution in [-0.2, 0) is 4.79 Å². The minimum atomic E-state index is -0.266. The predicted octanol–water partition coefficient (Wildman–Crippen LogP) is 4.57. The Balaban J connectivity index is 1.69. The summed E-state index contributed by atoms with van der Waals surface area (Å²) in [5.74, 6) is -0.0424. The lowest BCUT2D eigenvalue weighted by Crippen LogP contribution is -2.22. The summed E-state index contributed by atoms with van der Waals surface area (Å²) in [5, 5.41) is 3.49. The number of nitrogens with one attached hydrogen (secondary N) is 1. The van der Waals surface area contributed by atoms with Crippen molar-refractivity contribution >= 4 is 23.4 Å². The maximum Gasteiger partial charge on any atom is 0.237 e. The number of benzene rings is 2. The monoisotopic (exact) mass is 349 g/mol. The van der Waals surface area contributed by atoms with Crippen LogP contribution in [0.15, 0.2) is 72.0 Å². The normalized spacial score (nSPS) is 11.8. The summed E-state index contributed by atoms with van der Waals surface area (Å²) in [5.41, 5.74) is 3.77. The molecule has 126 valence electrons. The van der Waals surface area contributed by atoms with E-state index >= 15 is 0 Å². The molecule has 3 rings (SSSR count). The van der Waals surface area contributed by atoms with Crippen LogP contribution in [0.2, 0.25) is 0 Å². The molecule has 1 heterocycles. The van der Waals surface area contributed by atoms with Crippen molar-refractivity contribution in [3.8, 4) is 11.3 Å². The van der Waals surface area contributed by atoms with Crippen LogP contribution >= 0.6 is 11.8 Å². The van der Waals surface area contributed by atoms with Crippen LogP contribution in [0.4, 0.5) is 5.69 Å². The molecule has 5 heteroatoms. The number of hydrogen-bond donors (Lipinski definition) is 1. The van der Waals surface area contributed by atoms with Gasteiger partial charge in [0.05, 0.1) is 10.9 Å². The molecule has 1 atom stereocenters. The van der Waals surface area contributed by atoms with Crippen LogP contribution in [0.5, 0.6) is 0 Å². The summed E-state index contributed by atoms with van der Waals surface area (Å²) < 4.78 is 0. The van der Waals surface area contributed by atoms with E-state index in [1.165, 1.54) is 18.1 Å².